The van der Waals surface area contributed by atoms with Gasteiger partial charge in [0.2, 0.25) is 11.8 Å². The molecule has 0 saturated carbocycles. The summed E-state index contributed by atoms with van der Waals surface area (Å²) in [7, 11) is 0. The van der Waals surface area contributed by atoms with Crippen molar-refractivity contribution in [1.29, 1.82) is 0 Å². The largest absolute Gasteiger partial charge is 0.490 e. The molecule has 1 fully saturated rings. The summed E-state index contributed by atoms with van der Waals surface area (Å²) in [6.45, 7) is 5.16. The van der Waals surface area contributed by atoms with E-state index < -0.39 is 0 Å². The summed E-state index contributed by atoms with van der Waals surface area (Å²) in [5.74, 6) is 2.47. The van der Waals surface area contributed by atoms with Crippen molar-refractivity contribution in [3.63, 3.8) is 0 Å². The van der Waals surface area contributed by atoms with E-state index in [4.69, 9.17) is 9.47 Å². The van der Waals surface area contributed by atoms with Gasteiger partial charge < -0.3 is 20.1 Å². The van der Waals surface area contributed by atoms with E-state index in [0.717, 1.165) is 37.9 Å². The highest BCUT2D eigenvalue weighted by Crippen LogP contribution is 2.31. The smallest absolute Gasteiger partial charge is 0.224 e. The number of halogens is 2. The molecule has 0 spiro atoms. The molecule has 166 valence electrons. The van der Waals surface area contributed by atoms with Crippen LogP contribution in [0, 0.1) is 5.92 Å². The number of hydrogen-bond donors (Lipinski definition) is 2. The van der Waals surface area contributed by atoms with Crippen molar-refractivity contribution >= 4 is 30.7 Å². The number of amides is 1. The van der Waals surface area contributed by atoms with Crippen LogP contribution in [0.3, 0.4) is 0 Å². The lowest BCUT2D eigenvalue weighted by Gasteiger charge is -2.14. The molecule has 1 aliphatic rings. The van der Waals surface area contributed by atoms with Crippen molar-refractivity contribution < 1.29 is 14.3 Å². The van der Waals surface area contributed by atoms with Gasteiger partial charge in [0.1, 0.15) is 0 Å². The molecule has 8 heteroatoms. The molecule has 2 N–H and O–H groups in total. The summed E-state index contributed by atoms with van der Waals surface area (Å²) in [5.41, 5.74) is 0.837. The molecule has 0 bridgehead atoms. The predicted molar refractivity (Wildman–Crippen MR) is 123 cm³/mol. The first-order chi connectivity index (χ1) is 13.8. The fourth-order valence-electron chi connectivity index (χ4n) is 3.20. The summed E-state index contributed by atoms with van der Waals surface area (Å²) >= 11 is 0. The van der Waals surface area contributed by atoms with Crippen LogP contribution >= 0.6 is 24.8 Å². The van der Waals surface area contributed by atoms with Crippen LogP contribution in [0.4, 0.5) is 0 Å². The lowest BCUT2D eigenvalue weighted by atomic mass is 10.0. The lowest BCUT2D eigenvalue weighted by Crippen LogP contribution is -2.23. The number of nitrogens with one attached hydrogen (secondary N) is 2. The molecule has 1 saturated heterocycles. The van der Waals surface area contributed by atoms with E-state index in [9.17, 15) is 4.79 Å². The van der Waals surface area contributed by atoms with E-state index in [1.54, 1.807) is 6.20 Å². The fourth-order valence-corrected chi connectivity index (χ4v) is 3.20. The second-order valence-corrected chi connectivity index (χ2v) is 7.04. The average molecular weight is 456 g/mol. The van der Waals surface area contributed by atoms with Gasteiger partial charge in [-0.15, -0.1) is 24.8 Å². The van der Waals surface area contributed by atoms with Crippen LogP contribution in [0.25, 0.3) is 0 Å². The Morgan fingerprint density at radius 3 is 2.73 bits per heavy atom. The summed E-state index contributed by atoms with van der Waals surface area (Å²) < 4.78 is 11.8. The van der Waals surface area contributed by atoms with E-state index in [1.807, 2.05) is 36.4 Å². The zero-order valence-electron chi connectivity index (χ0n) is 17.3. The topological polar surface area (TPSA) is 72.5 Å². The number of para-hydroxylation sites is 2. The third kappa shape index (κ3) is 8.01. The predicted octanol–water partition coefficient (Wildman–Crippen LogP) is 4.51. The van der Waals surface area contributed by atoms with Crippen LogP contribution in [-0.4, -0.2) is 30.6 Å². The maximum Gasteiger partial charge on any atom is 0.224 e. The van der Waals surface area contributed by atoms with Gasteiger partial charge in [-0.25, -0.2) is 4.98 Å². The zero-order chi connectivity index (χ0) is 19.6. The van der Waals surface area contributed by atoms with Gasteiger partial charge in [-0.3, -0.25) is 4.79 Å². The molecule has 0 aliphatic carbocycles. The maximum atomic E-state index is 12.2. The summed E-state index contributed by atoms with van der Waals surface area (Å²) in [6, 6.07) is 11.3. The van der Waals surface area contributed by atoms with Crippen molar-refractivity contribution in [1.82, 2.24) is 15.6 Å². The molecular weight excluding hydrogens is 425 g/mol. The van der Waals surface area contributed by atoms with Gasteiger partial charge in [-0.05, 0) is 56.5 Å². The Morgan fingerprint density at radius 2 is 2.00 bits per heavy atom. The Hall–Kier alpha value is -2.02. The number of carbonyl (C=O) groups excluding carboxylic acids is 1. The Labute approximate surface area is 191 Å². The maximum absolute atomic E-state index is 12.2. The van der Waals surface area contributed by atoms with Gasteiger partial charge in [-0.2, -0.15) is 0 Å². The molecule has 2 aromatic rings. The quantitative estimate of drug-likeness (QED) is 0.551. The van der Waals surface area contributed by atoms with E-state index in [-0.39, 0.29) is 30.7 Å². The molecule has 1 atom stereocenters. The minimum absolute atomic E-state index is 0. The third-order valence-corrected chi connectivity index (χ3v) is 4.79. The number of ether oxygens (including phenoxy) is 2. The second-order valence-electron chi connectivity index (χ2n) is 7.04. The monoisotopic (exact) mass is 455 g/mol. The van der Waals surface area contributed by atoms with Gasteiger partial charge in [-0.1, -0.05) is 25.1 Å². The first-order valence-corrected chi connectivity index (χ1v) is 10.1. The molecule has 1 unspecified atom stereocenters. The number of pyridine rings is 1. The summed E-state index contributed by atoms with van der Waals surface area (Å²) in [4.78, 5) is 16.5. The Morgan fingerprint density at radius 1 is 1.20 bits per heavy atom. The minimum Gasteiger partial charge on any atom is -0.490 e. The highest BCUT2D eigenvalue weighted by atomic mass is 35.5. The van der Waals surface area contributed by atoms with Crippen LogP contribution in [-0.2, 0) is 11.3 Å². The number of nitrogens with zero attached hydrogens (tertiary/aromatic N) is 1. The molecule has 1 aliphatic heterocycles. The molecule has 2 heterocycles. The molecule has 1 amide bonds. The van der Waals surface area contributed by atoms with Crippen LogP contribution in [0.2, 0.25) is 0 Å². The molecule has 3 rings (SSSR count). The third-order valence-electron chi connectivity index (χ3n) is 4.79. The minimum atomic E-state index is 0. The Kier molecular flexibility index (Phi) is 12.2. The van der Waals surface area contributed by atoms with Crippen LogP contribution < -0.4 is 20.1 Å². The Bertz CT molecular complexity index is 771. The van der Waals surface area contributed by atoms with Gasteiger partial charge in [0.05, 0.1) is 6.61 Å². The van der Waals surface area contributed by atoms with Gasteiger partial charge in [0.25, 0.3) is 0 Å². The SMILES string of the molecule is CCCOc1ccccc1Oc1ncccc1CNC(=O)CCC1CCNC1.Cl.Cl. The number of aromatic nitrogens is 1. The molecule has 6 nitrogen and oxygen atoms in total. The number of benzene rings is 1. The van der Waals surface area contributed by atoms with Crippen molar-refractivity contribution in [2.45, 2.75) is 39.2 Å². The van der Waals surface area contributed by atoms with Gasteiger partial charge >= 0.3 is 0 Å². The van der Waals surface area contributed by atoms with Crippen LogP contribution in [0.1, 0.15) is 38.2 Å². The van der Waals surface area contributed by atoms with Crippen LogP contribution in [0.5, 0.6) is 17.4 Å². The molecule has 1 aromatic carbocycles. The summed E-state index contributed by atoms with van der Waals surface area (Å²) in [5, 5.41) is 6.32. The zero-order valence-corrected chi connectivity index (χ0v) is 18.9. The van der Waals surface area contributed by atoms with Crippen molar-refractivity contribution in [3.8, 4) is 17.4 Å². The van der Waals surface area contributed by atoms with E-state index in [2.05, 4.69) is 22.5 Å². The van der Waals surface area contributed by atoms with Gasteiger partial charge in [0.15, 0.2) is 11.5 Å². The Balaban J connectivity index is 0.00000225. The van der Waals surface area contributed by atoms with Crippen molar-refractivity contribution in [3.05, 3.63) is 48.2 Å². The highest BCUT2D eigenvalue weighted by Gasteiger charge is 2.16. The molecule has 30 heavy (non-hydrogen) atoms. The number of carbonyl (C=O) groups is 1. The molecular formula is C22H31Cl2N3O3. The first kappa shape index (κ1) is 26.0. The normalized spacial score (nSPS) is 14.9. The van der Waals surface area contributed by atoms with Gasteiger partial charge in [0, 0.05) is 24.7 Å². The molecule has 0 radical (unpaired) electrons. The van der Waals surface area contributed by atoms with Crippen molar-refractivity contribution in [2.75, 3.05) is 19.7 Å². The lowest BCUT2D eigenvalue weighted by molar-refractivity contribution is -0.121. The standard InChI is InChI=1S/C22H29N3O3.2ClH/c1-2-14-27-19-7-3-4-8-20(19)28-22-18(6-5-12-24-22)16-25-21(26)10-9-17-11-13-23-15-17;;/h3-8,12,17,23H,2,9-11,13-16H2,1H3,(H,25,26);2*1H. The van der Waals surface area contributed by atoms with E-state index >= 15 is 0 Å². The first-order valence-electron chi connectivity index (χ1n) is 10.1. The number of rotatable bonds is 10. The van der Waals surface area contributed by atoms with Crippen molar-refractivity contribution in [2.24, 2.45) is 5.92 Å². The highest BCUT2D eigenvalue weighted by molar-refractivity contribution is 5.85. The summed E-state index contributed by atoms with van der Waals surface area (Å²) in [6.07, 6.45) is 5.25. The second kappa shape index (κ2) is 14.1. The van der Waals surface area contributed by atoms with Crippen LogP contribution in [0.15, 0.2) is 42.6 Å². The van der Waals surface area contributed by atoms with E-state index in [1.165, 1.54) is 0 Å². The number of hydrogen-bond acceptors (Lipinski definition) is 5. The average Bonchev–Trinajstić information content (AvgIpc) is 3.24. The molecule has 1 aromatic heterocycles. The fraction of sp³-hybridized carbons (Fsp3) is 0.455. The van der Waals surface area contributed by atoms with E-state index in [0.29, 0.717) is 42.9 Å².